The highest BCUT2D eigenvalue weighted by atomic mass is 35.5. The van der Waals surface area contributed by atoms with Crippen LogP contribution in [0.3, 0.4) is 0 Å². The molecule has 7 heteroatoms. The zero-order chi connectivity index (χ0) is 18.2. The summed E-state index contributed by atoms with van der Waals surface area (Å²) in [5, 5.41) is 13.0. The van der Waals surface area contributed by atoms with E-state index in [9.17, 15) is 9.90 Å². The van der Waals surface area contributed by atoms with Gasteiger partial charge in [-0.2, -0.15) is 0 Å². The number of hydrogen-bond acceptors (Lipinski definition) is 4. The summed E-state index contributed by atoms with van der Waals surface area (Å²) in [7, 11) is 3.07. The number of hydrogen-bond donors (Lipinski definition) is 2. The van der Waals surface area contributed by atoms with Crippen LogP contribution in [0.5, 0.6) is 11.5 Å². The van der Waals surface area contributed by atoms with Crippen molar-refractivity contribution >= 4 is 23.3 Å². The number of nitrogens with zero attached hydrogens (tertiary/aromatic N) is 1. The van der Waals surface area contributed by atoms with Gasteiger partial charge in [-0.15, -0.1) is 0 Å². The summed E-state index contributed by atoms with van der Waals surface area (Å²) in [6.07, 6.45) is -0.764. The van der Waals surface area contributed by atoms with Crippen molar-refractivity contribution in [1.82, 2.24) is 4.90 Å². The number of aliphatic hydroxyl groups is 1. The smallest absolute Gasteiger partial charge is 0.321 e. The Bertz CT molecular complexity index is 697. The molecule has 1 atom stereocenters. The lowest BCUT2D eigenvalue weighted by Crippen LogP contribution is -2.38. The van der Waals surface area contributed by atoms with Gasteiger partial charge in [0, 0.05) is 19.2 Å². The summed E-state index contributed by atoms with van der Waals surface area (Å²) in [5.74, 6) is 1.11. The maximum Gasteiger partial charge on any atom is 0.321 e. The van der Waals surface area contributed by atoms with Crippen LogP contribution in [0.25, 0.3) is 0 Å². The van der Waals surface area contributed by atoms with E-state index in [0.29, 0.717) is 22.2 Å². The standard InChI is InChI=1S/C18H21ClN2O4/c1-21(11-14(22)12-24-2)18(23)20-16-10-13(19)8-9-17(16)25-15-6-4-3-5-7-15/h3-10,14,22H,11-12H2,1-2H3,(H,20,23). The highest BCUT2D eigenvalue weighted by Gasteiger charge is 2.16. The third-order valence-electron chi connectivity index (χ3n) is 3.34. The molecule has 1 unspecified atom stereocenters. The lowest BCUT2D eigenvalue weighted by Gasteiger charge is -2.22. The van der Waals surface area contributed by atoms with E-state index in [0.717, 1.165) is 0 Å². The van der Waals surface area contributed by atoms with Crippen LogP contribution in [0.2, 0.25) is 5.02 Å². The highest BCUT2D eigenvalue weighted by molar-refractivity contribution is 6.31. The average molecular weight is 365 g/mol. The van der Waals surface area contributed by atoms with Gasteiger partial charge in [-0.25, -0.2) is 4.79 Å². The molecule has 2 rings (SSSR count). The molecule has 0 saturated carbocycles. The molecule has 0 aliphatic rings. The number of rotatable bonds is 7. The molecule has 0 radical (unpaired) electrons. The van der Waals surface area contributed by atoms with Crippen molar-refractivity contribution < 1.29 is 19.4 Å². The summed E-state index contributed by atoms with van der Waals surface area (Å²) in [4.78, 5) is 13.7. The maximum atomic E-state index is 12.3. The second-order valence-corrected chi connectivity index (χ2v) is 5.91. The van der Waals surface area contributed by atoms with Gasteiger partial charge in [0.05, 0.1) is 24.9 Å². The van der Waals surface area contributed by atoms with Gasteiger partial charge in [-0.05, 0) is 30.3 Å². The summed E-state index contributed by atoms with van der Waals surface area (Å²) >= 11 is 6.03. The fourth-order valence-electron chi connectivity index (χ4n) is 2.16. The van der Waals surface area contributed by atoms with Crippen LogP contribution in [0.15, 0.2) is 48.5 Å². The van der Waals surface area contributed by atoms with Crippen LogP contribution in [-0.2, 0) is 4.74 Å². The molecule has 2 N–H and O–H groups in total. The van der Waals surface area contributed by atoms with Gasteiger partial charge < -0.3 is 24.8 Å². The Labute approximate surface area is 151 Å². The van der Waals surface area contributed by atoms with E-state index >= 15 is 0 Å². The Hall–Kier alpha value is -2.28. The summed E-state index contributed by atoms with van der Waals surface area (Å²) in [6, 6.07) is 13.8. The van der Waals surface area contributed by atoms with Crippen LogP contribution in [0, 0.1) is 0 Å². The SMILES string of the molecule is COCC(O)CN(C)C(=O)Nc1cc(Cl)ccc1Oc1ccccc1. The van der Waals surface area contributed by atoms with Crippen LogP contribution >= 0.6 is 11.6 Å². The van der Waals surface area contributed by atoms with E-state index in [1.54, 1.807) is 25.2 Å². The maximum absolute atomic E-state index is 12.3. The van der Waals surface area contributed by atoms with E-state index in [4.69, 9.17) is 21.1 Å². The Kier molecular flexibility index (Phi) is 7.06. The fourth-order valence-corrected chi connectivity index (χ4v) is 2.33. The molecule has 0 saturated heterocycles. The molecule has 0 bridgehead atoms. The van der Waals surface area contributed by atoms with Crippen LogP contribution < -0.4 is 10.1 Å². The number of benzene rings is 2. The molecule has 6 nitrogen and oxygen atoms in total. The number of aliphatic hydroxyl groups excluding tert-OH is 1. The Morgan fingerprint density at radius 1 is 1.28 bits per heavy atom. The molecular formula is C18H21ClN2O4. The zero-order valence-corrected chi connectivity index (χ0v) is 14.9. The zero-order valence-electron chi connectivity index (χ0n) is 14.1. The number of nitrogens with one attached hydrogen (secondary N) is 1. The van der Waals surface area contributed by atoms with Crippen molar-refractivity contribution in [2.75, 3.05) is 32.6 Å². The number of carbonyl (C=O) groups excluding carboxylic acids is 1. The van der Waals surface area contributed by atoms with E-state index < -0.39 is 12.1 Å². The van der Waals surface area contributed by atoms with Crippen molar-refractivity contribution in [2.24, 2.45) is 0 Å². The second-order valence-electron chi connectivity index (χ2n) is 5.48. The van der Waals surface area contributed by atoms with Crippen molar-refractivity contribution in [3.05, 3.63) is 53.6 Å². The number of anilines is 1. The van der Waals surface area contributed by atoms with Crippen LogP contribution in [-0.4, -0.2) is 49.5 Å². The molecule has 134 valence electrons. The fraction of sp³-hybridized carbons (Fsp3) is 0.278. The first-order valence-corrected chi connectivity index (χ1v) is 8.09. The first-order chi connectivity index (χ1) is 12.0. The van der Waals surface area contributed by atoms with Crippen molar-refractivity contribution in [3.63, 3.8) is 0 Å². The van der Waals surface area contributed by atoms with Crippen LogP contribution in [0.1, 0.15) is 0 Å². The lowest BCUT2D eigenvalue weighted by atomic mass is 10.3. The molecule has 0 heterocycles. The first kappa shape index (κ1) is 19.1. The van der Waals surface area contributed by atoms with E-state index in [-0.39, 0.29) is 13.2 Å². The van der Waals surface area contributed by atoms with Gasteiger partial charge in [0.2, 0.25) is 0 Å². The molecule has 2 aromatic rings. The molecule has 0 spiro atoms. The quantitative estimate of drug-likeness (QED) is 0.787. The molecule has 2 aromatic carbocycles. The number of halogens is 1. The largest absolute Gasteiger partial charge is 0.455 e. The number of amides is 2. The van der Waals surface area contributed by atoms with Crippen LogP contribution in [0.4, 0.5) is 10.5 Å². The third-order valence-corrected chi connectivity index (χ3v) is 3.58. The molecule has 0 aromatic heterocycles. The van der Waals surface area contributed by atoms with Crippen molar-refractivity contribution in [1.29, 1.82) is 0 Å². The molecule has 25 heavy (non-hydrogen) atoms. The topological polar surface area (TPSA) is 71.0 Å². The average Bonchev–Trinajstić information content (AvgIpc) is 2.58. The summed E-state index contributed by atoms with van der Waals surface area (Å²) < 4.78 is 10.7. The van der Waals surface area contributed by atoms with Gasteiger partial charge in [0.1, 0.15) is 5.75 Å². The Morgan fingerprint density at radius 3 is 2.68 bits per heavy atom. The minimum Gasteiger partial charge on any atom is -0.455 e. The van der Waals surface area contributed by atoms with Gasteiger partial charge in [0.15, 0.2) is 5.75 Å². The summed E-state index contributed by atoms with van der Waals surface area (Å²) in [5.41, 5.74) is 0.439. The normalized spacial score (nSPS) is 11.7. The predicted octanol–water partition coefficient (Wildman–Crippen LogP) is 3.60. The molecule has 0 fully saturated rings. The molecule has 2 amide bonds. The monoisotopic (exact) mass is 364 g/mol. The highest BCUT2D eigenvalue weighted by Crippen LogP contribution is 2.32. The lowest BCUT2D eigenvalue weighted by molar-refractivity contribution is 0.0501. The summed E-state index contributed by atoms with van der Waals surface area (Å²) in [6.45, 7) is 0.284. The molecule has 0 aliphatic carbocycles. The number of carbonyl (C=O) groups is 1. The Morgan fingerprint density at radius 2 is 2.00 bits per heavy atom. The number of ether oxygens (including phenoxy) is 2. The number of urea groups is 1. The minimum atomic E-state index is -0.764. The van der Waals surface area contributed by atoms with Gasteiger partial charge in [0.25, 0.3) is 0 Å². The third kappa shape index (κ3) is 5.94. The predicted molar refractivity (Wildman–Crippen MR) is 97.5 cm³/mol. The first-order valence-electron chi connectivity index (χ1n) is 7.71. The van der Waals surface area contributed by atoms with E-state index in [2.05, 4.69) is 5.32 Å². The van der Waals surface area contributed by atoms with E-state index in [1.165, 1.54) is 12.0 Å². The number of likely N-dealkylation sites (N-methyl/N-ethyl adjacent to an activating group) is 1. The van der Waals surface area contributed by atoms with Gasteiger partial charge >= 0.3 is 6.03 Å². The number of methoxy groups -OCH3 is 1. The van der Waals surface area contributed by atoms with Crippen molar-refractivity contribution in [2.45, 2.75) is 6.10 Å². The van der Waals surface area contributed by atoms with Gasteiger partial charge in [-0.1, -0.05) is 29.8 Å². The second kappa shape index (κ2) is 9.27. The van der Waals surface area contributed by atoms with Crippen molar-refractivity contribution in [3.8, 4) is 11.5 Å². The van der Waals surface area contributed by atoms with E-state index in [1.807, 2.05) is 30.3 Å². The van der Waals surface area contributed by atoms with Gasteiger partial charge in [-0.3, -0.25) is 0 Å². The molecule has 0 aliphatic heterocycles. The number of para-hydroxylation sites is 1. The molecular weight excluding hydrogens is 344 g/mol. The Balaban J connectivity index is 2.10. The minimum absolute atomic E-state index is 0.134.